The van der Waals surface area contributed by atoms with Crippen LogP contribution in [0.4, 0.5) is 0 Å². The molecule has 0 bridgehead atoms. The predicted molar refractivity (Wildman–Crippen MR) is 77.4 cm³/mol. The number of ether oxygens (including phenoxy) is 3. The van der Waals surface area contributed by atoms with Gasteiger partial charge in [-0.15, -0.1) is 0 Å². The first-order valence-corrected chi connectivity index (χ1v) is 7.68. The van der Waals surface area contributed by atoms with E-state index in [1.807, 2.05) is 0 Å². The molecule has 20 heavy (non-hydrogen) atoms. The van der Waals surface area contributed by atoms with Crippen molar-refractivity contribution in [2.45, 2.75) is 38.5 Å². The first-order valence-electron chi connectivity index (χ1n) is 7.68. The first-order chi connectivity index (χ1) is 9.76. The van der Waals surface area contributed by atoms with Crippen LogP contribution < -0.4 is 5.73 Å². The van der Waals surface area contributed by atoms with Crippen molar-refractivity contribution in [1.29, 1.82) is 0 Å². The Morgan fingerprint density at radius 1 is 1.05 bits per heavy atom. The molecule has 0 saturated heterocycles. The molecule has 0 spiro atoms. The highest BCUT2D eigenvalue weighted by atomic mass is 16.5. The van der Waals surface area contributed by atoms with Gasteiger partial charge in [-0.25, -0.2) is 0 Å². The minimum absolute atomic E-state index is 0.161. The molecule has 5 heteroatoms. The van der Waals surface area contributed by atoms with E-state index in [1.54, 1.807) is 0 Å². The molecule has 0 unspecified atom stereocenters. The van der Waals surface area contributed by atoms with Gasteiger partial charge in [0, 0.05) is 32.8 Å². The second kappa shape index (κ2) is 11.1. The number of carbonyl (C=O) groups excluding carboxylic acids is 1. The zero-order chi connectivity index (χ0) is 14.6. The van der Waals surface area contributed by atoms with Gasteiger partial charge in [0.2, 0.25) is 0 Å². The maximum Gasteiger partial charge on any atom is 0.305 e. The number of esters is 1. The van der Waals surface area contributed by atoms with E-state index >= 15 is 0 Å². The molecule has 0 aliphatic heterocycles. The Labute approximate surface area is 122 Å². The Morgan fingerprint density at radius 2 is 1.60 bits per heavy atom. The third-order valence-corrected chi connectivity index (χ3v) is 3.83. The zero-order valence-corrected chi connectivity index (χ0v) is 12.6. The molecule has 1 aliphatic rings. The van der Waals surface area contributed by atoms with Crippen molar-refractivity contribution in [2.24, 2.45) is 17.6 Å². The topological polar surface area (TPSA) is 70.8 Å². The molecule has 118 valence electrons. The lowest BCUT2D eigenvalue weighted by molar-refractivity contribution is -0.141. The van der Waals surface area contributed by atoms with Gasteiger partial charge in [-0.05, 0) is 43.9 Å². The van der Waals surface area contributed by atoms with Crippen molar-refractivity contribution in [2.75, 3.05) is 40.1 Å². The number of methoxy groups -OCH3 is 1. The first kappa shape index (κ1) is 17.4. The molecule has 1 aliphatic carbocycles. The summed E-state index contributed by atoms with van der Waals surface area (Å²) in [6.45, 7) is 3.59. The van der Waals surface area contributed by atoms with Crippen LogP contribution >= 0.6 is 0 Å². The van der Waals surface area contributed by atoms with E-state index in [0.29, 0.717) is 38.0 Å². The standard InChI is InChI=1S/C15H29NO4/c1-18-15(17)3-2-9-19-11-13-4-6-14(7-5-13)12-20-10-8-16/h13-14H,2-12,16H2,1H3/t13-,14+. The zero-order valence-electron chi connectivity index (χ0n) is 12.6. The largest absolute Gasteiger partial charge is 0.469 e. The molecule has 0 aromatic rings. The summed E-state index contributed by atoms with van der Waals surface area (Å²) in [7, 11) is 1.42. The van der Waals surface area contributed by atoms with E-state index < -0.39 is 0 Å². The van der Waals surface area contributed by atoms with Crippen molar-refractivity contribution in [3.63, 3.8) is 0 Å². The van der Waals surface area contributed by atoms with Crippen LogP contribution in [-0.2, 0) is 19.0 Å². The summed E-state index contributed by atoms with van der Waals surface area (Å²) in [6, 6.07) is 0. The lowest BCUT2D eigenvalue weighted by Gasteiger charge is -2.28. The third kappa shape index (κ3) is 7.82. The highest BCUT2D eigenvalue weighted by Crippen LogP contribution is 2.29. The fraction of sp³-hybridized carbons (Fsp3) is 0.933. The maximum atomic E-state index is 10.9. The van der Waals surface area contributed by atoms with Gasteiger partial charge in [0.25, 0.3) is 0 Å². The number of carbonyl (C=O) groups is 1. The van der Waals surface area contributed by atoms with Gasteiger partial charge >= 0.3 is 5.97 Å². The molecule has 0 amide bonds. The van der Waals surface area contributed by atoms with Crippen LogP contribution in [0.2, 0.25) is 0 Å². The van der Waals surface area contributed by atoms with Crippen molar-refractivity contribution in [1.82, 2.24) is 0 Å². The monoisotopic (exact) mass is 287 g/mol. The lowest BCUT2D eigenvalue weighted by atomic mass is 9.83. The average Bonchev–Trinajstić information content (AvgIpc) is 2.48. The minimum Gasteiger partial charge on any atom is -0.469 e. The average molecular weight is 287 g/mol. The summed E-state index contributed by atoms with van der Waals surface area (Å²) in [5.41, 5.74) is 5.40. The van der Waals surface area contributed by atoms with Crippen molar-refractivity contribution in [3.05, 3.63) is 0 Å². The number of hydrogen-bond donors (Lipinski definition) is 1. The Morgan fingerprint density at radius 3 is 2.10 bits per heavy atom. The van der Waals surface area contributed by atoms with Crippen LogP contribution in [0.25, 0.3) is 0 Å². The molecular weight excluding hydrogens is 258 g/mol. The Kier molecular flexibility index (Phi) is 9.62. The van der Waals surface area contributed by atoms with Crippen LogP contribution in [0.15, 0.2) is 0 Å². The molecule has 1 fully saturated rings. The van der Waals surface area contributed by atoms with Gasteiger partial charge in [0.05, 0.1) is 13.7 Å². The molecule has 0 radical (unpaired) electrons. The van der Waals surface area contributed by atoms with E-state index in [0.717, 1.165) is 19.6 Å². The van der Waals surface area contributed by atoms with E-state index in [4.69, 9.17) is 15.2 Å². The molecular formula is C15H29NO4. The van der Waals surface area contributed by atoms with E-state index in [9.17, 15) is 4.79 Å². The number of hydrogen-bond acceptors (Lipinski definition) is 5. The summed E-state index contributed by atoms with van der Waals surface area (Å²) in [6.07, 6.45) is 6.07. The fourth-order valence-corrected chi connectivity index (χ4v) is 2.57. The van der Waals surface area contributed by atoms with Gasteiger partial charge in [-0.1, -0.05) is 0 Å². The summed E-state index contributed by atoms with van der Waals surface area (Å²) in [4.78, 5) is 10.9. The summed E-state index contributed by atoms with van der Waals surface area (Å²) >= 11 is 0. The molecule has 1 rings (SSSR count). The smallest absolute Gasteiger partial charge is 0.305 e. The second-order valence-corrected chi connectivity index (χ2v) is 5.50. The Hall–Kier alpha value is -0.650. The summed E-state index contributed by atoms with van der Waals surface area (Å²) < 4.78 is 15.7. The number of rotatable bonds is 10. The summed E-state index contributed by atoms with van der Waals surface area (Å²) in [5.74, 6) is 1.20. The molecule has 0 heterocycles. The lowest BCUT2D eigenvalue weighted by Crippen LogP contribution is -2.23. The SMILES string of the molecule is COC(=O)CCCOC[C@H]1CC[C@@H](COCCN)CC1. The highest BCUT2D eigenvalue weighted by Gasteiger charge is 2.21. The van der Waals surface area contributed by atoms with E-state index in [1.165, 1.54) is 32.8 Å². The van der Waals surface area contributed by atoms with Crippen LogP contribution in [-0.4, -0.2) is 46.1 Å². The molecule has 1 saturated carbocycles. The minimum atomic E-state index is -0.161. The second-order valence-electron chi connectivity index (χ2n) is 5.50. The van der Waals surface area contributed by atoms with Gasteiger partial charge in [0.15, 0.2) is 0 Å². The highest BCUT2D eigenvalue weighted by molar-refractivity contribution is 5.68. The Balaban J connectivity index is 1.95. The molecule has 0 aromatic heterocycles. The normalized spacial score (nSPS) is 22.7. The van der Waals surface area contributed by atoms with Gasteiger partial charge in [-0.2, -0.15) is 0 Å². The van der Waals surface area contributed by atoms with Crippen molar-refractivity contribution < 1.29 is 19.0 Å². The van der Waals surface area contributed by atoms with Crippen LogP contribution in [0, 0.1) is 11.8 Å². The maximum absolute atomic E-state index is 10.9. The quantitative estimate of drug-likeness (QED) is 0.489. The molecule has 5 nitrogen and oxygen atoms in total. The summed E-state index contributed by atoms with van der Waals surface area (Å²) in [5, 5.41) is 0. The van der Waals surface area contributed by atoms with Crippen LogP contribution in [0.1, 0.15) is 38.5 Å². The number of nitrogens with two attached hydrogens (primary N) is 1. The van der Waals surface area contributed by atoms with Crippen LogP contribution in [0.5, 0.6) is 0 Å². The van der Waals surface area contributed by atoms with Gasteiger partial charge in [-0.3, -0.25) is 4.79 Å². The van der Waals surface area contributed by atoms with Gasteiger partial charge < -0.3 is 19.9 Å². The molecule has 0 aromatic carbocycles. The van der Waals surface area contributed by atoms with Crippen LogP contribution in [0.3, 0.4) is 0 Å². The molecule has 0 atom stereocenters. The van der Waals surface area contributed by atoms with E-state index in [2.05, 4.69) is 4.74 Å². The van der Waals surface area contributed by atoms with E-state index in [-0.39, 0.29) is 5.97 Å². The third-order valence-electron chi connectivity index (χ3n) is 3.83. The van der Waals surface area contributed by atoms with Crippen molar-refractivity contribution in [3.8, 4) is 0 Å². The molecule has 2 N–H and O–H groups in total. The Bertz CT molecular complexity index is 252. The van der Waals surface area contributed by atoms with Gasteiger partial charge in [0.1, 0.15) is 0 Å². The van der Waals surface area contributed by atoms with Crippen molar-refractivity contribution >= 4 is 5.97 Å². The predicted octanol–water partition coefficient (Wildman–Crippen LogP) is 1.74. The fourth-order valence-electron chi connectivity index (χ4n) is 2.57.